The summed E-state index contributed by atoms with van der Waals surface area (Å²) < 4.78 is 38.8. The van der Waals surface area contributed by atoms with Crippen LogP contribution in [0.1, 0.15) is 18.5 Å². The highest BCUT2D eigenvalue weighted by molar-refractivity contribution is 5.45. The van der Waals surface area contributed by atoms with Crippen LogP contribution in [-0.4, -0.2) is 48.9 Å². The van der Waals surface area contributed by atoms with Gasteiger partial charge in [-0.3, -0.25) is 0 Å². The highest BCUT2D eigenvalue weighted by Gasteiger charge is 2.34. The van der Waals surface area contributed by atoms with Crippen LogP contribution in [0.3, 0.4) is 0 Å². The lowest BCUT2D eigenvalue weighted by Gasteiger charge is -2.31. The monoisotopic (exact) mass is 304 g/mol. The van der Waals surface area contributed by atoms with E-state index in [1.165, 1.54) is 4.90 Å². The number of aliphatic hydroxyl groups excluding tert-OH is 1. The minimum Gasteiger partial charge on any atom is -0.396 e. The average Bonchev–Trinajstić information content (AvgIpc) is 2.46. The zero-order valence-corrected chi connectivity index (χ0v) is 12.1. The average molecular weight is 304 g/mol. The zero-order valence-electron chi connectivity index (χ0n) is 12.1. The summed E-state index contributed by atoms with van der Waals surface area (Å²) in [5, 5.41) is 9.11. The SMILES string of the molecule is CN(C)c1cc(C(F)(F)F)nc(N2CCC(CO)CC2)n1. The van der Waals surface area contributed by atoms with Crippen LogP contribution in [0.15, 0.2) is 6.07 Å². The van der Waals surface area contributed by atoms with Crippen LogP contribution in [0.25, 0.3) is 0 Å². The van der Waals surface area contributed by atoms with Crippen LogP contribution in [-0.2, 0) is 6.18 Å². The van der Waals surface area contributed by atoms with E-state index in [4.69, 9.17) is 5.11 Å². The first-order valence-corrected chi connectivity index (χ1v) is 6.80. The molecule has 8 heteroatoms. The Labute approximate surface area is 121 Å². The first-order valence-electron chi connectivity index (χ1n) is 6.80. The third-order valence-electron chi connectivity index (χ3n) is 3.61. The fourth-order valence-corrected chi connectivity index (χ4v) is 2.25. The van der Waals surface area contributed by atoms with Gasteiger partial charge in [-0.1, -0.05) is 0 Å². The van der Waals surface area contributed by atoms with Crippen molar-refractivity contribution in [3.8, 4) is 0 Å². The van der Waals surface area contributed by atoms with Crippen molar-refractivity contribution in [3.05, 3.63) is 11.8 Å². The minimum absolute atomic E-state index is 0.102. The van der Waals surface area contributed by atoms with Crippen LogP contribution >= 0.6 is 0 Å². The van der Waals surface area contributed by atoms with Gasteiger partial charge in [-0.2, -0.15) is 18.2 Å². The number of halogens is 3. The molecule has 0 radical (unpaired) electrons. The van der Waals surface area contributed by atoms with E-state index in [2.05, 4.69) is 9.97 Å². The molecule has 0 spiro atoms. The lowest BCUT2D eigenvalue weighted by molar-refractivity contribution is -0.141. The van der Waals surface area contributed by atoms with E-state index < -0.39 is 11.9 Å². The number of aliphatic hydroxyl groups is 1. The number of rotatable bonds is 3. The van der Waals surface area contributed by atoms with Gasteiger partial charge < -0.3 is 14.9 Å². The Hall–Kier alpha value is -1.57. The molecular weight excluding hydrogens is 285 g/mol. The van der Waals surface area contributed by atoms with Crippen molar-refractivity contribution in [3.63, 3.8) is 0 Å². The van der Waals surface area contributed by atoms with Crippen molar-refractivity contribution in [1.29, 1.82) is 0 Å². The molecule has 0 atom stereocenters. The van der Waals surface area contributed by atoms with E-state index in [1.807, 2.05) is 0 Å². The van der Waals surface area contributed by atoms with Gasteiger partial charge in [0.05, 0.1) is 0 Å². The van der Waals surface area contributed by atoms with Crippen LogP contribution < -0.4 is 9.80 Å². The summed E-state index contributed by atoms with van der Waals surface area (Å²) >= 11 is 0. The summed E-state index contributed by atoms with van der Waals surface area (Å²) in [6.45, 7) is 1.22. The van der Waals surface area contributed by atoms with E-state index in [0.29, 0.717) is 13.1 Å². The molecule has 0 aromatic carbocycles. The maximum Gasteiger partial charge on any atom is 0.433 e. The number of alkyl halides is 3. The minimum atomic E-state index is -4.49. The third kappa shape index (κ3) is 3.75. The fraction of sp³-hybridized carbons (Fsp3) is 0.692. The Morgan fingerprint density at radius 3 is 2.38 bits per heavy atom. The largest absolute Gasteiger partial charge is 0.433 e. The molecule has 1 aliphatic heterocycles. The summed E-state index contributed by atoms with van der Waals surface area (Å²) in [4.78, 5) is 11.1. The Balaban J connectivity index is 2.28. The lowest BCUT2D eigenvalue weighted by atomic mass is 9.98. The Morgan fingerprint density at radius 2 is 1.90 bits per heavy atom. The third-order valence-corrected chi connectivity index (χ3v) is 3.61. The number of aromatic nitrogens is 2. The van der Waals surface area contributed by atoms with Gasteiger partial charge >= 0.3 is 6.18 Å². The standard InChI is InChI=1S/C13H19F3N4O/c1-19(2)11-7-10(13(14,15)16)17-12(18-11)20-5-3-9(8-21)4-6-20/h7,9,21H,3-6,8H2,1-2H3. The molecule has 0 bridgehead atoms. The number of hydrogen-bond acceptors (Lipinski definition) is 5. The second kappa shape index (κ2) is 6.05. The predicted molar refractivity (Wildman–Crippen MR) is 73.4 cm³/mol. The Morgan fingerprint density at radius 1 is 1.29 bits per heavy atom. The summed E-state index contributed by atoms with van der Waals surface area (Å²) in [6, 6.07) is 0.948. The number of nitrogens with zero attached hydrogens (tertiary/aromatic N) is 4. The molecule has 1 aliphatic rings. The molecule has 1 N–H and O–H groups in total. The molecule has 1 saturated heterocycles. The van der Waals surface area contributed by atoms with Gasteiger partial charge in [0.15, 0.2) is 5.69 Å². The number of anilines is 2. The molecule has 0 amide bonds. The molecule has 0 aliphatic carbocycles. The summed E-state index contributed by atoms with van der Waals surface area (Å²) in [5.74, 6) is 0.543. The quantitative estimate of drug-likeness (QED) is 0.922. The molecule has 5 nitrogen and oxygen atoms in total. The highest BCUT2D eigenvalue weighted by Crippen LogP contribution is 2.31. The van der Waals surface area contributed by atoms with Crippen molar-refractivity contribution < 1.29 is 18.3 Å². The molecule has 2 rings (SSSR count). The van der Waals surface area contributed by atoms with Gasteiger partial charge in [-0.15, -0.1) is 0 Å². The summed E-state index contributed by atoms with van der Waals surface area (Å²) in [5.41, 5.74) is -0.930. The van der Waals surface area contributed by atoms with Crippen molar-refractivity contribution >= 4 is 11.8 Å². The van der Waals surface area contributed by atoms with Crippen molar-refractivity contribution in [1.82, 2.24) is 9.97 Å². The van der Waals surface area contributed by atoms with Crippen LogP contribution in [0, 0.1) is 5.92 Å². The Bertz CT molecular complexity index is 485. The highest BCUT2D eigenvalue weighted by atomic mass is 19.4. The zero-order chi connectivity index (χ0) is 15.6. The van der Waals surface area contributed by atoms with E-state index in [9.17, 15) is 13.2 Å². The van der Waals surface area contributed by atoms with Gasteiger partial charge in [0.1, 0.15) is 5.82 Å². The van der Waals surface area contributed by atoms with Gasteiger partial charge in [-0.25, -0.2) is 4.98 Å². The van der Waals surface area contributed by atoms with E-state index >= 15 is 0 Å². The van der Waals surface area contributed by atoms with Crippen LogP contribution in [0.2, 0.25) is 0 Å². The lowest BCUT2D eigenvalue weighted by Crippen LogP contribution is -2.36. The maximum atomic E-state index is 12.9. The van der Waals surface area contributed by atoms with E-state index in [1.54, 1.807) is 19.0 Å². The second-order valence-electron chi connectivity index (χ2n) is 5.42. The first-order chi connectivity index (χ1) is 9.81. The van der Waals surface area contributed by atoms with Gasteiger partial charge in [0, 0.05) is 39.9 Å². The predicted octanol–water partition coefficient (Wildman–Crippen LogP) is 1.77. The van der Waals surface area contributed by atoms with E-state index in [0.717, 1.165) is 18.9 Å². The van der Waals surface area contributed by atoms with Gasteiger partial charge in [0.25, 0.3) is 0 Å². The molecule has 0 unspecified atom stereocenters. The molecule has 0 saturated carbocycles. The normalized spacial score (nSPS) is 17.1. The second-order valence-corrected chi connectivity index (χ2v) is 5.42. The first kappa shape index (κ1) is 15.8. The van der Waals surface area contributed by atoms with Crippen LogP contribution in [0.4, 0.5) is 24.9 Å². The number of piperidine rings is 1. The van der Waals surface area contributed by atoms with E-state index in [-0.39, 0.29) is 24.3 Å². The molecule has 118 valence electrons. The van der Waals surface area contributed by atoms with Gasteiger partial charge in [0.2, 0.25) is 5.95 Å². The molecule has 2 heterocycles. The van der Waals surface area contributed by atoms with Crippen molar-refractivity contribution in [2.24, 2.45) is 5.92 Å². The fourth-order valence-electron chi connectivity index (χ4n) is 2.25. The summed E-state index contributed by atoms with van der Waals surface area (Å²) in [6.07, 6.45) is -3.04. The topological polar surface area (TPSA) is 52.5 Å². The summed E-state index contributed by atoms with van der Waals surface area (Å²) in [7, 11) is 3.29. The Kier molecular flexibility index (Phi) is 4.55. The molecule has 1 fully saturated rings. The smallest absolute Gasteiger partial charge is 0.396 e. The molecule has 21 heavy (non-hydrogen) atoms. The molecule has 1 aromatic heterocycles. The maximum absolute atomic E-state index is 12.9. The molecule has 1 aromatic rings. The van der Waals surface area contributed by atoms with Gasteiger partial charge in [-0.05, 0) is 18.8 Å². The van der Waals surface area contributed by atoms with Crippen molar-refractivity contribution in [2.45, 2.75) is 19.0 Å². The van der Waals surface area contributed by atoms with Crippen molar-refractivity contribution in [2.75, 3.05) is 43.6 Å². The number of hydrogen-bond donors (Lipinski definition) is 1. The van der Waals surface area contributed by atoms with Crippen LogP contribution in [0.5, 0.6) is 0 Å². The molecular formula is C13H19F3N4O.